The SMILES string of the molecule is O=C(O)C(F)(F)F.O=c1c(-c2cccnc2)c[nH]n1-c1cc(CNCc2ccccc2)ccn1. The lowest BCUT2D eigenvalue weighted by Gasteiger charge is -2.07. The van der Waals surface area contributed by atoms with E-state index in [1.807, 2.05) is 42.5 Å². The lowest BCUT2D eigenvalue weighted by atomic mass is 10.2. The van der Waals surface area contributed by atoms with Crippen LogP contribution in [0, 0.1) is 0 Å². The second kappa shape index (κ2) is 11.1. The van der Waals surface area contributed by atoms with Crippen LogP contribution >= 0.6 is 0 Å². The predicted octanol–water partition coefficient (Wildman–Crippen LogP) is 3.55. The molecule has 0 unspecified atom stereocenters. The van der Waals surface area contributed by atoms with Crippen molar-refractivity contribution in [3.8, 4) is 16.9 Å². The predicted molar refractivity (Wildman–Crippen MR) is 118 cm³/mol. The van der Waals surface area contributed by atoms with E-state index >= 15 is 0 Å². The number of aromatic amines is 1. The third-order valence-corrected chi connectivity index (χ3v) is 4.53. The van der Waals surface area contributed by atoms with E-state index in [1.54, 1.807) is 24.8 Å². The molecule has 34 heavy (non-hydrogen) atoms. The zero-order valence-electron chi connectivity index (χ0n) is 17.7. The molecule has 3 N–H and O–H groups in total. The number of hydrogen-bond acceptors (Lipinski definition) is 5. The molecule has 0 aliphatic carbocycles. The maximum Gasteiger partial charge on any atom is 0.490 e. The van der Waals surface area contributed by atoms with Crippen molar-refractivity contribution in [1.29, 1.82) is 0 Å². The van der Waals surface area contributed by atoms with Crippen molar-refractivity contribution >= 4 is 5.97 Å². The number of nitrogens with one attached hydrogen (secondary N) is 2. The van der Waals surface area contributed by atoms with Gasteiger partial charge in [-0.3, -0.25) is 14.9 Å². The fourth-order valence-corrected chi connectivity index (χ4v) is 2.91. The normalized spacial score (nSPS) is 10.9. The van der Waals surface area contributed by atoms with E-state index in [0.29, 0.717) is 17.9 Å². The molecule has 0 saturated heterocycles. The lowest BCUT2D eigenvalue weighted by molar-refractivity contribution is -0.192. The van der Waals surface area contributed by atoms with Gasteiger partial charge in [0.25, 0.3) is 5.56 Å². The smallest absolute Gasteiger partial charge is 0.475 e. The van der Waals surface area contributed by atoms with Crippen LogP contribution in [0.3, 0.4) is 0 Å². The summed E-state index contributed by atoms with van der Waals surface area (Å²) in [6.07, 6.45) is 1.67. The van der Waals surface area contributed by atoms with Crippen LogP contribution in [0.4, 0.5) is 13.2 Å². The highest BCUT2D eigenvalue weighted by Crippen LogP contribution is 2.14. The molecule has 0 saturated carbocycles. The van der Waals surface area contributed by atoms with E-state index in [4.69, 9.17) is 9.90 Å². The van der Waals surface area contributed by atoms with Crippen molar-refractivity contribution < 1.29 is 23.1 Å². The number of aliphatic carboxylic acids is 1. The van der Waals surface area contributed by atoms with Crippen molar-refractivity contribution in [3.05, 3.63) is 101 Å². The highest BCUT2D eigenvalue weighted by atomic mass is 19.4. The van der Waals surface area contributed by atoms with Crippen LogP contribution in [0.2, 0.25) is 0 Å². The Labute approximate surface area is 191 Å². The molecule has 4 aromatic rings. The number of carboxylic acid groups (broad SMARTS) is 1. The Morgan fingerprint density at radius 3 is 2.38 bits per heavy atom. The average molecular weight is 471 g/mol. The zero-order valence-corrected chi connectivity index (χ0v) is 17.7. The minimum atomic E-state index is -5.08. The van der Waals surface area contributed by atoms with Gasteiger partial charge in [-0.25, -0.2) is 14.5 Å². The molecule has 8 nitrogen and oxygen atoms in total. The monoisotopic (exact) mass is 471 g/mol. The molecule has 11 heteroatoms. The van der Waals surface area contributed by atoms with Gasteiger partial charge in [0.2, 0.25) is 0 Å². The van der Waals surface area contributed by atoms with Crippen molar-refractivity contribution in [3.63, 3.8) is 0 Å². The number of benzene rings is 1. The molecule has 0 atom stereocenters. The van der Waals surface area contributed by atoms with E-state index < -0.39 is 12.1 Å². The van der Waals surface area contributed by atoms with Gasteiger partial charge in [-0.05, 0) is 29.3 Å². The van der Waals surface area contributed by atoms with Gasteiger partial charge in [0.1, 0.15) is 0 Å². The first-order valence-electron chi connectivity index (χ1n) is 9.96. The molecule has 0 aliphatic rings. The Hall–Kier alpha value is -4.25. The highest BCUT2D eigenvalue weighted by molar-refractivity contribution is 5.73. The lowest BCUT2D eigenvalue weighted by Crippen LogP contribution is -2.21. The second-order valence-electron chi connectivity index (χ2n) is 6.98. The molecule has 1 aromatic carbocycles. The minimum Gasteiger partial charge on any atom is -0.475 e. The first kappa shape index (κ1) is 24.4. The standard InChI is InChI=1S/C21H19N5O.C2HF3O2/c27-21-19(18-7-4-9-22-14-18)15-25-26(21)20-11-17(8-10-24-20)13-23-12-16-5-2-1-3-6-16;3-2(4,5)1(6)7/h1-11,14-15,23,25H,12-13H2;(H,6,7). The van der Waals surface area contributed by atoms with Crippen molar-refractivity contribution in [2.75, 3.05) is 0 Å². The van der Waals surface area contributed by atoms with Gasteiger partial charge in [0, 0.05) is 43.4 Å². The summed E-state index contributed by atoms with van der Waals surface area (Å²) in [5.41, 5.74) is 3.48. The molecule has 0 fully saturated rings. The molecular formula is C23H20F3N5O3. The number of hydrogen-bond donors (Lipinski definition) is 3. The van der Waals surface area contributed by atoms with E-state index in [-0.39, 0.29) is 5.56 Å². The first-order chi connectivity index (χ1) is 16.3. The molecular weight excluding hydrogens is 451 g/mol. The molecule has 176 valence electrons. The van der Waals surface area contributed by atoms with Gasteiger partial charge in [0.15, 0.2) is 5.82 Å². The van der Waals surface area contributed by atoms with Crippen LogP contribution in [0.1, 0.15) is 11.1 Å². The Bertz CT molecular complexity index is 1270. The minimum absolute atomic E-state index is 0.148. The number of rotatable bonds is 6. The molecule has 0 radical (unpaired) electrons. The molecule has 0 bridgehead atoms. The Balaban J connectivity index is 0.000000406. The van der Waals surface area contributed by atoms with Crippen molar-refractivity contribution in [2.45, 2.75) is 19.3 Å². The summed E-state index contributed by atoms with van der Waals surface area (Å²) in [4.78, 5) is 30.0. The number of pyridine rings is 2. The summed E-state index contributed by atoms with van der Waals surface area (Å²) in [6.45, 7) is 1.47. The summed E-state index contributed by atoms with van der Waals surface area (Å²) < 4.78 is 33.2. The summed E-state index contributed by atoms with van der Waals surface area (Å²) in [7, 11) is 0. The van der Waals surface area contributed by atoms with Crippen LogP contribution in [-0.4, -0.2) is 37.0 Å². The van der Waals surface area contributed by atoms with Crippen LogP contribution < -0.4 is 10.9 Å². The second-order valence-corrected chi connectivity index (χ2v) is 6.98. The fourth-order valence-electron chi connectivity index (χ4n) is 2.91. The Kier molecular flexibility index (Phi) is 7.93. The maximum atomic E-state index is 12.7. The van der Waals surface area contributed by atoms with Gasteiger partial charge in [-0.2, -0.15) is 13.2 Å². The molecule has 3 aromatic heterocycles. The van der Waals surface area contributed by atoms with Crippen LogP contribution in [0.15, 0.2) is 84.2 Å². The highest BCUT2D eigenvalue weighted by Gasteiger charge is 2.38. The van der Waals surface area contributed by atoms with Crippen LogP contribution in [-0.2, 0) is 17.9 Å². The number of alkyl halides is 3. The van der Waals surface area contributed by atoms with Crippen LogP contribution in [0.5, 0.6) is 0 Å². The van der Waals surface area contributed by atoms with Crippen LogP contribution in [0.25, 0.3) is 16.9 Å². The number of carboxylic acids is 1. The number of H-pyrrole nitrogens is 1. The molecule has 0 spiro atoms. The summed E-state index contributed by atoms with van der Waals surface area (Å²) >= 11 is 0. The molecule has 4 rings (SSSR count). The Morgan fingerprint density at radius 2 is 1.74 bits per heavy atom. The van der Waals surface area contributed by atoms with Gasteiger partial charge in [0.05, 0.1) is 5.56 Å². The largest absolute Gasteiger partial charge is 0.490 e. The van der Waals surface area contributed by atoms with E-state index in [0.717, 1.165) is 17.7 Å². The number of nitrogens with zero attached hydrogens (tertiary/aromatic N) is 3. The quantitative estimate of drug-likeness (QED) is 0.397. The maximum absolute atomic E-state index is 12.7. The van der Waals surface area contributed by atoms with E-state index in [9.17, 15) is 18.0 Å². The Morgan fingerprint density at radius 1 is 1.03 bits per heavy atom. The third kappa shape index (κ3) is 6.62. The molecule has 0 amide bonds. The van der Waals surface area contributed by atoms with Crippen molar-refractivity contribution in [1.82, 2.24) is 25.1 Å². The number of halogens is 3. The number of aromatic nitrogens is 4. The van der Waals surface area contributed by atoms with Gasteiger partial charge >= 0.3 is 12.1 Å². The van der Waals surface area contributed by atoms with Crippen molar-refractivity contribution in [2.24, 2.45) is 0 Å². The van der Waals surface area contributed by atoms with Gasteiger partial charge < -0.3 is 10.4 Å². The van der Waals surface area contributed by atoms with E-state index in [2.05, 4.69) is 32.5 Å². The molecule has 0 aliphatic heterocycles. The summed E-state index contributed by atoms with van der Waals surface area (Å²) in [5, 5.41) is 13.5. The molecule has 3 heterocycles. The average Bonchev–Trinajstić information content (AvgIpc) is 3.21. The first-order valence-corrected chi connectivity index (χ1v) is 9.96. The number of carbonyl (C=O) groups is 1. The summed E-state index contributed by atoms with van der Waals surface area (Å²) in [6, 6.07) is 17.8. The summed E-state index contributed by atoms with van der Waals surface area (Å²) in [5.74, 6) is -2.19. The topological polar surface area (TPSA) is 113 Å². The van der Waals surface area contributed by atoms with Gasteiger partial charge in [-0.1, -0.05) is 36.4 Å². The fraction of sp³-hybridized carbons (Fsp3) is 0.130. The third-order valence-electron chi connectivity index (χ3n) is 4.53. The van der Waals surface area contributed by atoms with Gasteiger partial charge in [-0.15, -0.1) is 0 Å². The zero-order chi connectivity index (χ0) is 24.6. The van der Waals surface area contributed by atoms with E-state index in [1.165, 1.54) is 10.2 Å².